The number of anilines is 1. The van der Waals surface area contributed by atoms with Crippen LogP contribution in [0.1, 0.15) is 17.8 Å². The number of carboxylic acid groups (broad SMARTS) is 1. The Hall–Kier alpha value is -2.63. The van der Waals surface area contributed by atoms with Gasteiger partial charge >= 0.3 is 5.97 Å². The zero-order valence-electron chi connectivity index (χ0n) is 12.3. The predicted molar refractivity (Wildman–Crippen MR) is 80.6 cm³/mol. The van der Waals surface area contributed by atoms with Gasteiger partial charge in [-0.25, -0.2) is 4.98 Å². The van der Waals surface area contributed by atoms with E-state index in [1.54, 1.807) is 11.1 Å². The van der Waals surface area contributed by atoms with Gasteiger partial charge in [0.25, 0.3) is 0 Å². The van der Waals surface area contributed by atoms with Crippen molar-refractivity contribution in [2.75, 3.05) is 11.4 Å². The first-order valence-corrected chi connectivity index (χ1v) is 7.14. The third-order valence-electron chi connectivity index (χ3n) is 4.00. The quantitative estimate of drug-likeness (QED) is 0.932. The number of amides is 1. The molecule has 0 radical (unpaired) electrons. The van der Waals surface area contributed by atoms with E-state index in [1.807, 2.05) is 42.0 Å². The summed E-state index contributed by atoms with van der Waals surface area (Å²) in [4.78, 5) is 28.7. The maximum atomic E-state index is 11.9. The van der Waals surface area contributed by atoms with Gasteiger partial charge in [-0.05, 0) is 24.6 Å². The number of benzene rings is 1. The van der Waals surface area contributed by atoms with Gasteiger partial charge in [0.2, 0.25) is 5.91 Å². The molecule has 1 saturated heterocycles. The summed E-state index contributed by atoms with van der Waals surface area (Å²) in [6.45, 7) is 2.91. The van der Waals surface area contributed by atoms with Crippen LogP contribution in [-0.4, -0.2) is 33.1 Å². The van der Waals surface area contributed by atoms with Crippen molar-refractivity contribution in [3.8, 4) is 0 Å². The van der Waals surface area contributed by atoms with Crippen molar-refractivity contribution in [2.24, 2.45) is 5.92 Å². The summed E-state index contributed by atoms with van der Waals surface area (Å²) in [5.41, 5.74) is 1.85. The van der Waals surface area contributed by atoms with Crippen LogP contribution in [0, 0.1) is 12.8 Å². The lowest BCUT2D eigenvalue weighted by atomic mass is 10.1. The van der Waals surface area contributed by atoms with Gasteiger partial charge in [-0.1, -0.05) is 12.1 Å². The number of imidazole rings is 1. The summed E-state index contributed by atoms with van der Waals surface area (Å²) in [5.74, 6) is -0.711. The minimum atomic E-state index is -0.914. The van der Waals surface area contributed by atoms with Crippen molar-refractivity contribution < 1.29 is 14.7 Å². The Morgan fingerprint density at radius 3 is 2.64 bits per heavy atom. The zero-order valence-corrected chi connectivity index (χ0v) is 12.3. The van der Waals surface area contributed by atoms with Gasteiger partial charge in [-0.3, -0.25) is 9.59 Å². The van der Waals surface area contributed by atoms with Crippen LogP contribution in [-0.2, 0) is 16.1 Å². The Morgan fingerprint density at radius 2 is 2.09 bits per heavy atom. The molecule has 1 fully saturated rings. The molecule has 1 aliphatic rings. The van der Waals surface area contributed by atoms with Crippen molar-refractivity contribution in [1.82, 2.24) is 9.55 Å². The van der Waals surface area contributed by atoms with Crippen LogP contribution in [0.25, 0.3) is 0 Å². The van der Waals surface area contributed by atoms with Crippen LogP contribution in [0.4, 0.5) is 5.69 Å². The van der Waals surface area contributed by atoms with Gasteiger partial charge in [-0.2, -0.15) is 0 Å². The Balaban J connectivity index is 1.73. The number of rotatable bonds is 4. The Labute approximate surface area is 128 Å². The largest absolute Gasteiger partial charge is 0.481 e. The van der Waals surface area contributed by atoms with Crippen LogP contribution < -0.4 is 4.90 Å². The average Bonchev–Trinajstić information content (AvgIpc) is 3.07. The van der Waals surface area contributed by atoms with E-state index in [0.29, 0.717) is 0 Å². The van der Waals surface area contributed by atoms with Crippen molar-refractivity contribution >= 4 is 17.6 Å². The number of aliphatic carboxylic acids is 1. The topological polar surface area (TPSA) is 75.4 Å². The highest BCUT2D eigenvalue weighted by Crippen LogP contribution is 2.25. The summed E-state index contributed by atoms with van der Waals surface area (Å²) >= 11 is 0. The fourth-order valence-electron chi connectivity index (χ4n) is 2.67. The van der Waals surface area contributed by atoms with E-state index in [1.165, 1.54) is 0 Å². The molecule has 1 aliphatic heterocycles. The average molecular weight is 299 g/mol. The second kappa shape index (κ2) is 5.63. The second-order valence-corrected chi connectivity index (χ2v) is 5.51. The molecule has 1 atom stereocenters. The highest BCUT2D eigenvalue weighted by atomic mass is 16.4. The fourth-order valence-corrected chi connectivity index (χ4v) is 2.67. The van der Waals surface area contributed by atoms with E-state index < -0.39 is 11.9 Å². The molecular formula is C16H17N3O3. The van der Waals surface area contributed by atoms with Gasteiger partial charge in [0.15, 0.2) is 0 Å². The number of nitrogens with zero attached hydrogens (tertiary/aromatic N) is 3. The van der Waals surface area contributed by atoms with Crippen molar-refractivity contribution in [2.45, 2.75) is 19.9 Å². The van der Waals surface area contributed by atoms with Crippen LogP contribution in [0.5, 0.6) is 0 Å². The molecule has 0 bridgehead atoms. The second-order valence-electron chi connectivity index (χ2n) is 5.51. The van der Waals surface area contributed by atoms with Crippen molar-refractivity contribution in [3.05, 3.63) is 48.0 Å². The van der Waals surface area contributed by atoms with Crippen LogP contribution in [0.15, 0.2) is 36.7 Å². The van der Waals surface area contributed by atoms with Crippen LogP contribution >= 0.6 is 0 Å². The molecule has 0 saturated carbocycles. The summed E-state index contributed by atoms with van der Waals surface area (Å²) in [7, 11) is 0. The van der Waals surface area contributed by atoms with Crippen molar-refractivity contribution in [3.63, 3.8) is 0 Å². The fraction of sp³-hybridized carbons (Fsp3) is 0.312. The molecule has 2 heterocycles. The predicted octanol–water partition coefficient (Wildman–Crippen LogP) is 1.68. The van der Waals surface area contributed by atoms with E-state index in [2.05, 4.69) is 4.98 Å². The smallest absolute Gasteiger partial charge is 0.308 e. The lowest BCUT2D eigenvalue weighted by molar-refractivity contribution is -0.141. The molecule has 6 nitrogen and oxygen atoms in total. The molecule has 0 aliphatic carbocycles. The third kappa shape index (κ3) is 2.72. The van der Waals surface area contributed by atoms with Gasteiger partial charge in [-0.15, -0.1) is 0 Å². The summed E-state index contributed by atoms with van der Waals surface area (Å²) in [5, 5.41) is 9.02. The van der Waals surface area contributed by atoms with Gasteiger partial charge in [0.1, 0.15) is 5.82 Å². The molecule has 1 amide bonds. The highest BCUT2D eigenvalue weighted by Gasteiger charge is 2.34. The lowest BCUT2D eigenvalue weighted by Gasteiger charge is -2.16. The number of hydrogen-bond donors (Lipinski definition) is 1. The van der Waals surface area contributed by atoms with Crippen molar-refractivity contribution in [1.29, 1.82) is 0 Å². The molecule has 1 aromatic carbocycles. The molecule has 114 valence electrons. The molecule has 2 aromatic rings. The van der Waals surface area contributed by atoms with E-state index >= 15 is 0 Å². The zero-order chi connectivity index (χ0) is 15.7. The van der Waals surface area contributed by atoms with E-state index in [-0.39, 0.29) is 18.9 Å². The normalized spacial score (nSPS) is 18.0. The molecular weight excluding hydrogens is 282 g/mol. The maximum Gasteiger partial charge on any atom is 0.308 e. The van der Waals surface area contributed by atoms with Crippen LogP contribution in [0.2, 0.25) is 0 Å². The standard InChI is InChI=1S/C16H17N3O3/c1-11-17-6-7-18(11)9-12-2-4-14(5-3-12)19-10-13(16(21)22)8-15(19)20/h2-7,13H,8-10H2,1H3,(H,21,22). The first-order chi connectivity index (χ1) is 10.5. The van der Waals surface area contributed by atoms with Gasteiger partial charge in [0.05, 0.1) is 5.92 Å². The highest BCUT2D eigenvalue weighted by molar-refractivity contribution is 5.99. The SMILES string of the molecule is Cc1nccn1Cc1ccc(N2CC(C(=O)O)CC2=O)cc1. The summed E-state index contributed by atoms with van der Waals surface area (Å²) in [6, 6.07) is 7.64. The lowest BCUT2D eigenvalue weighted by Crippen LogP contribution is -2.25. The first kappa shape index (κ1) is 14.3. The number of aryl methyl sites for hydroxylation is 1. The number of carbonyl (C=O) groups excluding carboxylic acids is 1. The number of hydrogen-bond acceptors (Lipinski definition) is 3. The summed E-state index contributed by atoms with van der Waals surface area (Å²) < 4.78 is 2.04. The van der Waals surface area contributed by atoms with E-state index in [9.17, 15) is 9.59 Å². The molecule has 0 spiro atoms. The summed E-state index contributed by atoms with van der Waals surface area (Å²) in [6.07, 6.45) is 3.76. The third-order valence-corrected chi connectivity index (χ3v) is 4.00. The molecule has 22 heavy (non-hydrogen) atoms. The van der Waals surface area contributed by atoms with E-state index in [0.717, 1.165) is 23.6 Å². The maximum absolute atomic E-state index is 11.9. The van der Waals surface area contributed by atoms with Gasteiger partial charge < -0.3 is 14.6 Å². The molecule has 1 unspecified atom stereocenters. The molecule has 3 rings (SSSR count). The Bertz CT molecular complexity index is 706. The van der Waals surface area contributed by atoms with Gasteiger partial charge in [0, 0.05) is 37.6 Å². The Morgan fingerprint density at radius 1 is 1.36 bits per heavy atom. The Kier molecular flexibility index (Phi) is 3.66. The first-order valence-electron chi connectivity index (χ1n) is 7.14. The number of carbonyl (C=O) groups is 2. The van der Waals surface area contributed by atoms with E-state index in [4.69, 9.17) is 5.11 Å². The molecule has 1 aromatic heterocycles. The minimum absolute atomic E-state index is 0.0747. The number of aromatic nitrogens is 2. The van der Waals surface area contributed by atoms with Crippen LogP contribution in [0.3, 0.4) is 0 Å². The molecule has 1 N–H and O–H groups in total. The minimum Gasteiger partial charge on any atom is -0.481 e. The monoisotopic (exact) mass is 299 g/mol. The molecule has 6 heteroatoms. The number of carboxylic acids is 1.